The van der Waals surface area contributed by atoms with Crippen molar-refractivity contribution in [3.05, 3.63) is 18.2 Å². The van der Waals surface area contributed by atoms with Gasteiger partial charge in [-0.3, -0.25) is 0 Å². The van der Waals surface area contributed by atoms with E-state index >= 15 is 0 Å². The average molecular weight is 327 g/mol. The number of morpholine rings is 1. The zero-order valence-electron chi connectivity index (χ0n) is 12.8. The van der Waals surface area contributed by atoms with Crippen LogP contribution in [0.5, 0.6) is 11.5 Å². The average Bonchev–Trinajstić information content (AvgIpc) is 2.74. The van der Waals surface area contributed by atoms with Gasteiger partial charge >= 0.3 is 0 Å². The molecule has 1 fully saturated rings. The Morgan fingerprint density at radius 2 is 1.86 bits per heavy atom. The van der Waals surface area contributed by atoms with Crippen LogP contribution in [0.15, 0.2) is 23.1 Å². The molecule has 0 aromatic heterocycles. The van der Waals surface area contributed by atoms with Crippen LogP contribution in [0.25, 0.3) is 0 Å². The number of hydrogen-bond donors (Lipinski definition) is 0. The molecule has 2 heterocycles. The fourth-order valence-corrected chi connectivity index (χ4v) is 4.35. The highest BCUT2D eigenvalue weighted by Crippen LogP contribution is 2.33. The summed E-state index contributed by atoms with van der Waals surface area (Å²) in [6, 6.07) is 4.62. The molecule has 122 valence electrons. The lowest BCUT2D eigenvalue weighted by Gasteiger charge is -2.35. The number of rotatable bonds is 2. The molecule has 6 nitrogen and oxygen atoms in total. The number of ether oxygens (including phenoxy) is 3. The molecule has 0 bridgehead atoms. The molecule has 0 spiro atoms. The number of benzene rings is 1. The third kappa shape index (κ3) is 2.93. The van der Waals surface area contributed by atoms with Crippen molar-refractivity contribution in [3.8, 4) is 11.5 Å². The van der Waals surface area contributed by atoms with Crippen molar-refractivity contribution < 1.29 is 22.6 Å². The summed E-state index contributed by atoms with van der Waals surface area (Å²) in [6.07, 6.45) is 0.681. The first-order chi connectivity index (χ1) is 10.5. The van der Waals surface area contributed by atoms with E-state index in [0.29, 0.717) is 37.9 Å². The van der Waals surface area contributed by atoms with Gasteiger partial charge in [0.25, 0.3) is 0 Å². The van der Waals surface area contributed by atoms with E-state index in [9.17, 15) is 8.42 Å². The van der Waals surface area contributed by atoms with Crippen molar-refractivity contribution in [2.75, 3.05) is 26.4 Å². The normalized spacial score (nSPS) is 26.5. The lowest BCUT2D eigenvalue weighted by atomic mass is 10.2. The Bertz CT molecular complexity index is 645. The van der Waals surface area contributed by atoms with E-state index in [0.717, 1.165) is 6.42 Å². The summed E-state index contributed by atoms with van der Waals surface area (Å²) in [4.78, 5) is 0.234. The number of hydrogen-bond acceptors (Lipinski definition) is 5. The molecule has 7 heteroatoms. The highest BCUT2D eigenvalue weighted by atomic mass is 32.2. The minimum atomic E-state index is -3.57. The highest BCUT2D eigenvalue weighted by molar-refractivity contribution is 7.89. The molecule has 0 N–H and O–H groups in total. The molecule has 0 saturated carbocycles. The molecule has 0 amide bonds. The Balaban J connectivity index is 1.93. The first kappa shape index (κ1) is 15.6. The SMILES string of the molecule is C[C@H]1CN(S(=O)(=O)c2ccc3c(c2)OCCCO3)[C@@H](C)CO1. The largest absolute Gasteiger partial charge is 0.490 e. The Kier molecular flexibility index (Phi) is 4.29. The zero-order chi connectivity index (χ0) is 15.7. The summed E-state index contributed by atoms with van der Waals surface area (Å²) < 4.78 is 43.9. The van der Waals surface area contributed by atoms with Crippen LogP contribution in [0.3, 0.4) is 0 Å². The number of sulfonamides is 1. The van der Waals surface area contributed by atoms with Gasteiger partial charge in [-0.25, -0.2) is 8.42 Å². The van der Waals surface area contributed by atoms with Crippen molar-refractivity contribution in [1.29, 1.82) is 0 Å². The number of fused-ring (bicyclic) bond motifs is 1. The van der Waals surface area contributed by atoms with Crippen LogP contribution in [-0.2, 0) is 14.8 Å². The molecule has 1 saturated heterocycles. The monoisotopic (exact) mass is 327 g/mol. The quantitative estimate of drug-likeness (QED) is 0.826. The maximum Gasteiger partial charge on any atom is 0.243 e. The molecule has 0 radical (unpaired) electrons. The summed E-state index contributed by atoms with van der Waals surface area (Å²) in [7, 11) is -3.57. The Labute approximate surface area is 131 Å². The molecule has 2 aliphatic heterocycles. The van der Waals surface area contributed by atoms with E-state index in [1.807, 2.05) is 13.8 Å². The van der Waals surface area contributed by atoms with Crippen LogP contribution < -0.4 is 9.47 Å². The Morgan fingerprint density at radius 1 is 1.14 bits per heavy atom. The van der Waals surface area contributed by atoms with Crippen LogP contribution in [0.1, 0.15) is 20.3 Å². The maximum absolute atomic E-state index is 12.9. The van der Waals surface area contributed by atoms with Crippen LogP contribution in [0.2, 0.25) is 0 Å². The van der Waals surface area contributed by atoms with E-state index in [-0.39, 0.29) is 17.0 Å². The lowest BCUT2D eigenvalue weighted by Crippen LogP contribution is -2.50. The summed E-state index contributed by atoms with van der Waals surface area (Å²) in [5.74, 6) is 1.09. The van der Waals surface area contributed by atoms with Crippen LogP contribution in [0, 0.1) is 0 Å². The van der Waals surface area contributed by atoms with E-state index in [1.165, 1.54) is 4.31 Å². The Hall–Kier alpha value is -1.31. The molecular formula is C15H21NO5S. The molecule has 2 atom stereocenters. The second kappa shape index (κ2) is 6.06. The third-order valence-corrected chi connectivity index (χ3v) is 5.85. The predicted octanol–water partition coefficient (Wildman–Crippen LogP) is 1.65. The molecule has 0 aliphatic carbocycles. The fourth-order valence-electron chi connectivity index (χ4n) is 2.65. The van der Waals surface area contributed by atoms with E-state index in [4.69, 9.17) is 14.2 Å². The van der Waals surface area contributed by atoms with Gasteiger partial charge in [0.15, 0.2) is 11.5 Å². The smallest absolute Gasteiger partial charge is 0.243 e. The third-order valence-electron chi connectivity index (χ3n) is 3.88. The van der Waals surface area contributed by atoms with Gasteiger partial charge in [-0.2, -0.15) is 4.31 Å². The van der Waals surface area contributed by atoms with Gasteiger partial charge in [0.05, 0.1) is 30.8 Å². The summed E-state index contributed by atoms with van der Waals surface area (Å²) in [5.41, 5.74) is 0. The first-order valence-electron chi connectivity index (χ1n) is 7.51. The van der Waals surface area contributed by atoms with Gasteiger partial charge in [0.1, 0.15) is 0 Å². The van der Waals surface area contributed by atoms with Crippen molar-refractivity contribution in [1.82, 2.24) is 4.31 Å². The minimum absolute atomic E-state index is 0.105. The van der Waals surface area contributed by atoms with Gasteiger partial charge in [-0.1, -0.05) is 0 Å². The van der Waals surface area contributed by atoms with Gasteiger partial charge in [0, 0.05) is 25.1 Å². The van der Waals surface area contributed by atoms with E-state index in [1.54, 1.807) is 18.2 Å². The van der Waals surface area contributed by atoms with Gasteiger partial charge in [-0.05, 0) is 26.0 Å². The molecule has 1 aromatic rings. The summed E-state index contributed by atoms with van der Waals surface area (Å²) >= 11 is 0. The van der Waals surface area contributed by atoms with Crippen molar-refractivity contribution in [3.63, 3.8) is 0 Å². The van der Waals surface area contributed by atoms with Gasteiger partial charge in [0.2, 0.25) is 10.0 Å². The van der Waals surface area contributed by atoms with E-state index in [2.05, 4.69) is 0 Å². The fraction of sp³-hybridized carbons (Fsp3) is 0.600. The lowest BCUT2D eigenvalue weighted by molar-refractivity contribution is -0.0170. The second-order valence-electron chi connectivity index (χ2n) is 5.73. The van der Waals surface area contributed by atoms with Crippen molar-refractivity contribution in [2.24, 2.45) is 0 Å². The topological polar surface area (TPSA) is 65.1 Å². The standard InChI is InChI=1S/C15H21NO5S/c1-11-10-21-12(2)9-16(11)22(17,18)13-4-5-14-15(8-13)20-7-3-6-19-14/h4-5,8,11-12H,3,6-7,9-10H2,1-2H3/t11-,12-/m0/s1. The minimum Gasteiger partial charge on any atom is -0.490 e. The molecule has 0 unspecified atom stereocenters. The van der Waals surface area contributed by atoms with Gasteiger partial charge < -0.3 is 14.2 Å². The molecular weight excluding hydrogens is 306 g/mol. The molecule has 3 rings (SSSR count). The molecule has 2 aliphatic rings. The first-order valence-corrected chi connectivity index (χ1v) is 8.95. The van der Waals surface area contributed by atoms with Crippen molar-refractivity contribution in [2.45, 2.75) is 37.3 Å². The maximum atomic E-state index is 12.9. The summed E-state index contributed by atoms with van der Waals surface area (Å²) in [6.45, 7) is 5.61. The van der Waals surface area contributed by atoms with Crippen LogP contribution in [0.4, 0.5) is 0 Å². The van der Waals surface area contributed by atoms with Crippen LogP contribution in [-0.4, -0.2) is 51.2 Å². The molecule has 22 heavy (non-hydrogen) atoms. The van der Waals surface area contributed by atoms with Gasteiger partial charge in [-0.15, -0.1) is 0 Å². The summed E-state index contributed by atoms with van der Waals surface area (Å²) in [5, 5.41) is 0. The second-order valence-corrected chi connectivity index (χ2v) is 7.62. The Morgan fingerprint density at radius 3 is 2.64 bits per heavy atom. The predicted molar refractivity (Wildman–Crippen MR) is 80.8 cm³/mol. The zero-order valence-corrected chi connectivity index (χ0v) is 13.6. The van der Waals surface area contributed by atoms with E-state index < -0.39 is 10.0 Å². The van der Waals surface area contributed by atoms with Crippen LogP contribution >= 0.6 is 0 Å². The highest BCUT2D eigenvalue weighted by Gasteiger charge is 2.34. The molecule has 1 aromatic carbocycles. The van der Waals surface area contributed by atoms with Crippen molar-refractivity contribution >= 4 is 10.0 Å². The number of nitrogens with zero attached hydrogens (tertiary/aromatic N) is 1.